The summed E-state index contributed by atoms with van der Waals surface area (Å²) in [6.07, 6.45) is 0. The molecule has 0 aliphatic heterocycles. The zero-order valence-corrected chi connectivity index (χ0v) is 16.0. The number of esters is 1. The number of hydrogen-bond acceptors (Lipinski definition) is 4. The van der Waals surface area contributed by atoms with Crippen LogP contribution in [0.1, 0.15) is 10.4 Å². The van der Waals surface area contributed by atoms with Crippen LogP contribution in [-0.2, 0) is 9.53 Å². The van der Waals surface area contributed by atoms with Crippen molar-refractivity contribution in [2.24, 2.45) is 0 Å². The van der Waals surface area contributed by atoms with Crippen LogP contribution in [0.25, 0.3) is 11.1 Å². The molecule has 0 atom stereocenters. The maximum Gasteiger partial charge on any atom is 0.344 e. The van der Waals surface area contributed by atoms with E-state index in [4.69, 9.17) is 9.47 Å². The molecule has 0 saturated carbocycles. The first-order chi connectivity index (χ1) is 13.1. The van der Waals surface area contributed by atoms with Crippen molar-refractivity contribution in [3.8, 4) is 16.9 Å². The fourth-order valence-corrected chi connectivity index (χ4v) is 3.04. The zero-order valence-electron chi connectivity index (χ0n) is 14.4. The number of ether oxygens (including phenoxy) is 2. The molecule has 0 aromatic heterocycles. The Hall–Kier alpha value is -2.92. The quantitative estimate of drug-likeness (QED) is 0.398. The maximum absolute atomic E-state index is 12.1. The highest BCUT2D eigenvalue weighted by Crippen LogP contribution is 2.29. The second kappa shape index (κ2) is 9.14. The van der Waals surface area contributed by atoms with E-state index >= 15 is 0 Å². The lowest BCUT2D eigenvalue weighted by Crippen LogP contribution is -2.19. The highest BCUT2D eigenvalue weighted by atomic mass is 79.9. The van der Waals surface area contributed by atoms with E-state index < -0.39 is 5.97 Å². The molecular weight excluding hydrogens is 408 g/mol. The molecule has 3 aromatic carbocycles. The average Bonchev–Trinajstić information content (AvgIpc) is 2.71. The topological polar surface area (TPSA) is 52.6 Å². The molecule has 0 heterocycles. The van der Waals surface area contributed by atoms with Gasteiger partial charge in [0.1, 0.15) is 5.75 Å². The number of halogens is 1. The van der Waals surface area contributed by atoms with Crippen molar-refractivity contribution < 1.29 is 19.1 Å². The molecular formula is C22H17BrO4. The fourth-order valence-electron chi connectivity index (χ4n) is 2.54. The van der Waals surface area contributed by atoms with E-state index in [9.17, 15) is 9.59 Å². The number of para-hydroxylation sites is 1. The van der Waals surface area contributed by atoms with Gasteiger partial charge in [0.25, 0.3) is 0 Å². The Balaban J connectivity index is 1.57. The van der Waals surface area contributed by atoms with Crippen molar-refractivity contribution in [3.05, 3.63) is 88.9 Å². The van der Waals surface area contributed by atoms with E-state index in [2.05, 4.69) is 15.9 Å². The normalized spacial score (nSPS) is 10.3. The first kappa shape index (κ1) is 18.9. The lowest BCUT2D eigenvalue weighted by molar-refractivity contribution is -0.144. The molecule has 0 radical (unpaired) electrons. The van der Waals surface area contributed by atoms with E-state index in [0.717, 1.165) is 11.1 Å². The molecule has 0 saturated heterocycles. The Morgan fingerprint density at radius 2 is 1.44 bits per heavy atom. The van der Waals surface area contributed by atoms with Crippen molar-refractivity contribution in [2.75, 3.05) is 13.2 Å². The summed E-state index contributed by atoms with van der Waals surface area (Å²) < 4.78 is 11.3. The molecule has 3 aromatic rings. The van der Waals surface area contributed by atoms with Crippen molar-refractivity contribution >= 4 is 27.7 Å². The van der Waals surface area contributed by atoms with Gasteiger partial charge in [-0.05, 0) is 17.7 Å². The highest BCUT2D eigenvalue weighted by Gasteiger charge is 2.14. The second-order valence-corrected chi connectivity index (χ2v) is 6.57. The molecule has 3 rings (SSSR count). The summed E-state index contributed by atoms with van der Waals surface area (Å²) >= 11 is 3.31. The number of Topliss-reactive ketones (excluding diaryl/α,β-unsaturated/α-hetero) is 1. The summed E-state index contributed by atoms with van der Waals surface area (Å²) in [4.78, 5) is 24.1. The van der Waals surface area contributed by atoms with Crippen LogP contribution in [0.5, 0.6) is 5.75 Å². The maximum atomic E-state index is 12.1. The third-order valence-electron chi connectivity index (χ3n) is 3.86. The summed E-state index contributed by atoms with van der Waals surface area (Å²) in [6.45, 7) is -0.599. The van der Waals surface area contributed by atoms with Gasteiger partial charge in [0.2, 0.25) is 5.78 Å². The van der Waals surface area contributed by atoms with Gasteiger partial charge in [-0.3, -0.25) is 4.79 Å². The summed E-state index contributed by atoms with van der Waals surface area (Å²) in [6, 6.07) is 24.2. The van der Waals surface area contributed by atoms with Crippen LogP contribution >= 0.6 is 15.9 Å². The standard InChI is InChI=1S/C22H17BrO4/c23-19-12-6-4-11-18(19)20(24)14-27-22(25)15-26-21-13-7-5-10-17(21)16-8-2-1-3-9-16/h1-13H,14-15H2. The molecule has 0 spiro atoms. The molecule has 136 valence electrons. The molecule has 0 unspecified atom stereocenters. The van der Waals surface area contributed by atoms with Gasteiger partial charge in [-0.15, -0.1) is 0 Å². The van der Waals surface area contributed by atoms with Gasteiger partial charge in [-0.1, -0.05) is 82.7 Å². The lowest BCUT2D eigenvalue weighted by atomic mass is 10.1. The molecule has 4 nitrogen and oxygen atoms in total. The van der Waals surface area contributed by atoms with Crippen molar-refractivity contribution in [3.63, 3.8) is 0 Å². The van der Waals surface area contributed by atoms with E-state index in [1.54, 1.807) is 24.3 Å². The summed E-state index contributed by atoms with van der Waals surface area (Å²) in [5.41, 5.74) is 2.35. The van der Waals surface area contributed by atoms with Gasteiger partial charge in [-0.2, -0.15) is 0 Å². The summed E-state index contributed by atoms with van der Waals surface area (Å²) in [5.74, 6) is -0.295. The van der Waals surface area contributed by atoms with Gasteiger partial charge in [0.05, 0.1) is 0 Å². The number of ketones is 1. The minimum atomic E-state index is -0.599. The van der Waals surface area contributed by atoms with E-state index in [0.29, 0.717) is 15.8 Å². The zero-order chi connectivity index (χ0) is 19.1. The van der Waals surface area contributed by atoms with Crippen LogP contribution < -0.4 is 4.74 Å². The first-order valence-corrected chi connectivity index (χ1v) is 9.15. The van der Waals surface area contributed by atoms with Gasteiger partial charge < -0.3 is 9.47 Å². The molecule has 27 heavy (non-hydrogen) atoms. The van der Waals surface area contributed by atoms with Crippen LogP contribution in [-0.4, -0.2) is 25.0 Å². The monoisotopic (exact) mass is 424 g/mol. The number of carbonyl (C=O) groups excluding carboxylic acids is 2. The van der Waals surface area contributed by atoms with Crippen LogP contribution in [0, 0.1) is 0 Å². The minimum Gasteiger partial charge on any atom is -0.481 e. The third kappa shape index (κ3) is 5.05. The SMILES string of the molecule is O=C(COc1ccccc1-c1ccccc1)OCC(=O)c1ccccc1Br. The van der Waals surface area contributed by atoms with Crippen LogP contribution in [0.3, 0.4) is 0 Å². The predicted molar refractivity (Wildman–Crippen MR) is 107 cm³/mol. The third-order valence-corrected chi connectivity index (χ3v) is 4.55. The smallest absolute Gasteiger partial charge is 0.344 e. The lowest BCUT2D eigenvalue weighted by Gasteiger charge is -2.11. The fraction of sp³-hybridized carbons (Fsp3) is 0.0909. The Labute approximate surface area is 165 Å². The van der Waals surface area contributed by atoms with Crippen LogP contribution in [0.2, 0.25) is 0 Å². The molecule has 5 heteroatoms. The second-order valence-electron chi connectivity index (χ2n) is 5.71. The largest absolute Gasteiger partial charge is 0.481 e. The van der Waals surface area contributed by atoms with Gasteiger partial charge >= 0.3 is 5.97 Å². The number of benzene rings is 3. The number of rotatable bonds is 7. The number of carbonyl (C=O) groups is 2. The predicted octanol–water partition coefficient (Wildman–Crippen LogP) is 4.92. The molecule has 0 bridgehead atoms. The first-order valence-electron chi connectivity index (χ1n) is 8.36. The Morgan fingerprint density at radius 3 is 2.22 bits per heavy atom. The molecule has 0 aliphatic carbocycles. The summed E-state index contributed by atoms with van der Waals surface area (Å²) in [5, 5.41) is 0. The Morgan fingerprint density at radius 1 is 0.778 bits per heavy atom. The van der Waals surface area contributed by atoms with Crippen molar-refractivity contribution in [2.45, 2.75) is 0 Å². The molecule has 0 fully saturated rings. The van der Waals surface area contributed by atoms with E-state index in [1.165, 1.54) is 0 Å². The molecule has 0 amide bonds. The highest BCUT2D eigenvalue weighted by molar-refractivity contribution is 9.10. The van der Waals surface area contributed by atoms with Gasteiger partial charge in [-0.25, -0.2) is 4.79 Å². The molecule has 0 N–H and O–H groups in total. The minimum absolute atomic E-state index is 0.271. The van der Waals surface area contributed by atoms with E-state index in [-0.39, 0.29) is 19.0 Å². The van der Waals surface area contributed by atoms with Crippen LogP contribution in [0.4, 0.5) is 0 Å². The summed E-state index contributed by atoms with van der Waals surface area (Å²) in [7, 11) is 0. The van der Waals surface area contributed by atoms with Crippen LogP contribution in [0.15, 0.2) is 83.3 Å². The van der Waals surface area contributed by atoms with Crippen molar-refractivity contribution in [1.82, 2.24) is 0 Å². The Kier molecular flexibility index (Phi) is 6.39. The van der Waals surface area contributed by atoms with Gasteiger partial charge in [0.15, 0.2) is 13.2 Å². The number of hydrogen-bond donors (Lipinski definition) is 0. The van der Waals surface area contributed by atoms with Crippen molar-refractivity contribution in [1.29, 1.82) is 0 Å². The van der Waals surface area contributed by atoms with Gasteiger partial charge in [0, 0.05) is 15.6 Å². The Bertz CT molecular complexity index is 938. The molecule has 0 aliphatic rings. The van der Waals surface area contributed by atoms with E-state index in [1.807, 2.05) is 54.6 Å². The average molecular weight is 425 g/mol.